The van der Waals surface area contributed by atoms with Crippen molar-refractivity contribution in [1.29, 1.82) is 0 Å². The van der Waals surface area contributed by atoms with Crippen LogP contribution in [-0.4, -0.2) is 44.6 Å². The van der Waals surface area contributed by atoms with Gasteiger partial charge in [-0.15, -0.1) is 0 Å². The van der Waals surface area contributed by atoms with E-state index in [1.807, 2.05) is 0 Å². The summed E-state index contributed by atoms with van der Waals surface area (Å²) in [5.74, 6) is -0.413. The van der Waals surface area contributed by atoms with Crippen molar-refractivity contribution in [2.24, 2.45) is 0 Å². The summed E-state index contributed by atoms with van der Waals surface area (Å²) < 4.78 is 25.8. The molecule has 1 N–H and O–H groups in total. The molecule has 0 saturated heterocycles. The molecule has 0 heterocycles. The van der Waals surface area contributed by atoms with Crippen LogP contribution in [0.3, 0.4) is 0 Å². The Hall–Kier alpha value is -1.73. The van der Waals surface area contributed by atoms with Crippen LogP contribution in [0, 0.1) is 0 Å². The minimum atomic E-state index is -3.52. The van der Waals surface area contributed by atoms with Gasteiger partial charge in [0, 0.05) is 18.7 Å². The van der Waals surface area contributed by atoms with Gasteiger partial charge in [-0.3, -0.25) is 4.79 Å². The van der Waals surface area contributed by atoms with E-state index in [0.29, 0.717) is 24.9 Å². The van der Waals surface area contributed by atoms with Gasteiger partial charge in [-0.2, -0.15) is 4.31 Å². The van der Waals surface area contributed by atoms with Crippen molar-refractivity contribution in [2.45, 2.75) is 18.7 Å². The maximum Gasteiger partial charge on any atom is 0.251 e. The Morgan fingerprint density at radius 1 is 1.20 bits per heavy atom. The van der Waals surface area contributed by atoms with Crippen LogP contribution in [-0.2, 0) is 14.8 Å². The van der Waals surface area contributed by atoms with E-state index >= 15 is 0 Å². The summed E-state index contributed by atoms with van der Waals surface area (Å²) >= 11 is 0. The molecule has 110 valence electrons. The second kappa shape index (κ2) is 7.16. The molecule has 0 aromatic heterocycles. The predicted molar refractivity (Wildman–Crippen MR) is 74.9 cm³/mol. The Bertz CT molecular complexity index is 563. The lowest BCUT2D eigenvalue weighted by atomic mass is 10.2. The van der Waals surface area contributed by atoms with E-state index < -0.39 is 15.9 Å². The van der Waals surface area contributed by atoms with Crippen molar-refractivity contribution < 1.29 is 18.0 Å². The number of sulfonamides is 1. The van der Waals surface area contributed by atoms with Crippen LogP contribution in [0.5, 0.6) is 0 Å². The van der Waals surface area contributed by atoms with Gasteiger partial charge in [0.25, 0.3) is 5.91 Å². The Balaban J connectivity index is 2.96. The number of benzene rings is 1. The predicted octanol–water partition coefficient (Wildman–Crippen LogP) is 0.646. The lowest BCUT2D eigenvalue weighted by Crippen LogP contribution is -2.30. The van der Waals surface area contributed by atoms with E-state index in [-0.39, 0.29) is 11.4 Å². The minimum absolute atomic E-state index is 0.0711. The summed E-state index contributed by atoms with van der Waals surface area (Å²) in [6.07, 6.45) is 0.580. The average molecular weight is 298 g/mol. The number of hydrogen-bond acceptors (Lipinski definition) is 4. The average Bonchev–Trinajstić information content (AvgIpc) is 2.46. The van der Waals surface area contributed by atoms with Gasteiger partial charge >= 0.3 is 0 Å². The third-order valence-corrected chi connectivity index (χ3v) is 4.87. The van der Waals surface area contributed by atoms with Crippen LogP contribution in [0.25, 0.3) is 0 Å². The zero-order chi connectivity index (χ0) is 15.2. The van der Waals surface area contributed by atoms with Gasteiger partial charge in [0.2, 0.25) is 10.0 Å². The highest BCUT2D eigenvalue weighted by atomic mass is 32.2. The summed E-state index contributed by atoms with van der Waals surface area (Å²) in [4.78, 5) is 21.9. The van der Waals surface area contributed by atoms with Gasteiger partial charge in [0.05, 0.1) is 11.4 Å². The first-order chi connectivity index (χ1) is 9.47. The van der Waals surface area contributed by atoms with Crippen LogP contribution >= 0.6 is 0 Å². The van der Waals surface area contributed by atoms with Gasteiger partial charge in [-0.25, -0.2) is 8.42 Å². The first-order valence-corrected chi connectivity index (χ1v) is 7.73. The van der Waals surface area contributed by atoms with Gasteiger partial charge in [0.1, 0.15) is 6.29 Å². The Morgan fingerprint density at radius 2 is 1.75 bits per heavy atom. The standard InChI is InChI=1S/C13H18N2O4S/c1-3-15(4-2)20(18,19)12-7-5-11(6-8-12)13(17)14-9-10-16/h5-8,10H,3-4,9H2,1-2H3,(H,14,17). The first kappa shape index (κ1) is 16.3. The van der Waals surface area contributed by atoms with Crippen LogP contribution in [0.2, 0.25) is 0 Å². The largest absolute Gasteiger partial charge is 0.345 e. The van der Waals surface area contributed by atoms with Gasteiger partial charge in [0.15, 0.2) is 0 Å². The molecule has 0 spiro atoms. The molecule has 0 fully saturated rings. The lowest BCUT2D eigenvalue weighted by molar-refractivity contribution is -0.107. The highest BCUT2D eigenvalue weighted by Crippen LogP contribution is 2.16. The molecule has 0 radical (unpaired) electrons. The Labute approximate surface area is 118 Å². The molecule has 6 nitrogen and oxygen atoms in total. The third-order valence-electron chi connectivity index (χ3n) is 2.81. The zero-order valence-electron chi connectivity index (χ0n) is 11.5. The topological polar surface area (TPSA) is 83.6 Å². The maximum absolute atomic E-state index is 12.2. The zero-order valence-corrected chi connectivity index (χ0v) is 12.3. The fraction of sp³-hybridized carbons (Fsp3) is 0.385. The molecule has 1 aromatic carbocycles. The molecule has 0 atom stereocenters. The van der Waals surface area contributed by atoms with E-state index in [1.165, 1.54) is 28.6 Å². The van der Waals surface area contributed by atoms with Crippen LogP contribution < -0.4 is 5.32 Å². The molecule has 7 heteroatoms. The molecule has 1 aromatic rings. The van der Waals surface area contributed by atoms with Gasteiger partial charge in [-0.05, 0) is 24.3 Å². The molecule has 1 amide bonds. The molecule has 0 saturated carbocycles. The molecule has 0 aliphatic heterocycles. The summed E-state index contributed by atoms with van der Waals surface area (Å²) in [6, 6.07) is 5.64. The van der Waals surface area contributed by atoms with Crippen molar-refractivity contribution in [3.05, 3.63) is 29.8 Å². The smallest absolute Gasteiger partial charge is 0.251 e. The second-order valence-electron chi connectivity index (χ2n) is 3.99. The molecule has 0 bridgehead atoms. The summed E-state index contributed by atoms with van der Waals surface area (Å²) in [5.41, 5.74) is 0.311. The van der Waals surface area contributed by atoms with Crippen molar-refractivity contribution in [2.75, 3.05) is 19.6 Å². The quantitative estimate of drug-likeness (QED) is 0.749. The normalized spacial score (nSPS) is 11.3. The van der Waals surface area contributed by atoms with Crippen molar-refractivity contribution in [3.63, 3.8) is 0 Å². The van der Waals surface area contributed by atoms with Crippen molar-refractivity contribution in [3.8, 4) is 0 Å². The fourth-order valence-electron chi connectivity index (χ4n) is 1.73. The summed E-state index contributed by atoms with van der Waals surface area (Å²) in [6.45, 7) is 4.24. The maximum atomic E-state index is 12.2. The molecule has 0 unspecified atom stereocenters. The summed E-state index contributed by atoms with van der Waals surface area (Å²) in [5, 5.41) is 2.39. The minimum Gasteiger partial charge on any atom is -0.345 e. The number of nitrogens with one attached hydrogen (secondary N) is 1. The van der Waals surface area contributed by atoms with E-state index in [2.05, 4.69) is 5.32 Å². The second-order valence-corrected chi connectivity index (χ2v) is 5.93. The monoisotopic (exact) mass is 298 g/mol. The van der Waals surface area contributed by atoms with Crippen LogP contribution in [0.4, 0.5) is 0 Å². The third kappa shape index (κ3) is 3.64. The number of nitrogens with zero attached hydrogens (tertiary/aromatic N) is 1. The molecule has 0 aliphatic carbocycles. The molecular formula is C13H18N2O4S. The van der Waals surface area contributed by atoms with Crippen LogP contribution in [0.15, 0.2) is 29.2 Å². The molecular weight excluding hydrogens is 280 g/mol. The Morgan fingerprint density at radius 3 is 2.20 bits per heavy atom. The molecule has 0 aliphatic rings. The van der Waals surface area contributed by atoms with Crippen molar-refractivity contribution >= 4 is 22.2 Å². The number of rotatable bonds is 7. The van der Waals surface area contributed by atoms with Crippen molar-refractivity contribution in [1.82, 2.24) is 9.62 Å². The van der Waals surface area contributed by atoms with Gasteiger partial charge < -0.3 is 10.1 Å². The summed E-state index contributed by atoms with van der Waals surface area (Å²) in [7, 11) is -3.52. The number of aldehydes is 1. The Kier molecular flexibility index (Phi) is 5.84. The fourth-order valence-corrected chi connectivity index (χ4v) is 3.19. The lowest BCUT2D eigenvalue weighted by Gasteiger charge is -2.18. The first-order valence-electron chi connectivity index (χ1n) is 6.29. The van der Waals surface area contributed by atoms with E-state index in [4.69, 9.17) is 0 Å². The highest BCUT2D eigenvalue weighted by molar-refractivity contribution is 7.89. The molecule has 20 heavy (non-hydrogen) atoms. The van der Waals surface area contributed by atoms with Crippen LogP contribution in [0.1, 0.15) is 24.2 Å². The van der Waals surface area contributed by atoms with Gasteiger partial charge in [-0.1, -0.05) is 13.8 Å². The highest BCUT2D eigenvalue weighted by Gasteiger charge is 2.21. The number of carbonyl (C=O) groups is 2. The molecule has 1 rings (SSSR count). The number of hydrogen-bond donors (Lipinski definition) is 1. The SMILES string of the molecule is CCN(CC)S(=O)(=O)c1ccc(C(=O)NCC=O)cc1. The number of carbonyl (C=O) groups excluding carboxylic acids is 2. The van der Waals surface area contributed by atoms with E-state index in [9.17, 15) is 18.0 Å². The van der Waals surface area contributed by atoms with E-state index in [1.54, 1.807) is 13.8 Å². The van der Waals surface area contributed by atoms with E-state index in [0.717, 1.165) is 0 Å². The number of amides is 1.